The molecule has 6 nitrogen and oxygen atoms in total. The zero-order valence-electron chi connectivity index (χ0n) is 14.4. The fraction of sp³-hybridized carbons (Fsp3) is 0.316. The van der Waals surface area contributed by atoms with Crippen molar-refractivity contribution in [2.45, 2.75) is 6.04 Å². The summed E-state index contributed by atoms with van der Waals surface area (Å²) in [5, 5.41) is 14.1. The third kappa shape index (κ3) is 2.96. The first-order valence-electron chi connectivity index (χ1n) is 8.78. The summed E-state index contributed by atoms with van der Waals surface area (Å²) in [6, 6.07) is 11.8. The van der Waals surface area contributed by atoms with Gasteiger partial charge in [-0.3, -0.25) is 4.79 Å². The summed E-state index contributed by atoms with van der Waals surface area (Å²) in [7, 11) is 0. The molecule has 140 valence electrons. The number of fused-ring (bicyclic) bond motifs is 2. The first kappa shape index (κ1) is 17.9. The Morgan fingerprint density at radius 2 is 1.96 bits per heavy atom. The molecule has 2 N–H and O–H groups in total. The first-order chi connectivity index (χ1) is 12.7. The molecule has 0 saturated carbocycles. The van der Waals surface area contributed by atoms with Crippen LogP contribution in [-0.4, -0.2) is 45.9 Å². The second-order valence-electron chi connectivity index (χ2n) is 7.07. The van der Waals surface area contributed by atoms with Gasteiger partial charge in [0.2, 0.25) is 0 Å². The third-order valence-corrected chi connectivity index (χ3v) is 5.58. The average Bonchev–Trinajstić information content (AvgIpc) is 3.35. The molecule has 2 fully saturated rings. The zero-order chi connectivity index (χ0) is 17.7. The number of carbonyl (C=O) groups is 1. The van der Waals surface area contributed by atoms with E-state index in [4.69, 9.17) is 0 Å². The van der Waals surface area contributed by atoms with Gasteiger partial charge in [0.05, 0.1) is 6.04 Å². The zero-order valence-corrected chi connectivity index (χ0v) is 15.2. The number of hydrogen-bond donors (Lipinski definition) is 2. The number of likely N-dealkylation sites (tertiary alicyclic amines) is 1. The number of H-pyrrole nitrogens is 1. The molecule has 0 spiro atoms. The minimum absolute atomic E-state index is 0. The van der Waals surface area contributed by atoms with Crippen molar-refractivity contribution in [2.75, 3.05) is 19.6 Å². The van der Waals surface area contributed by atoms with Crippen LogP contribution < -0.4 is 5.32 Å². The SMILES string of the molecule is Cl.O=C(c1ccc2n[nH]nc2c1)N1C[C@@H]2CNC[C@@H]2[C@H]1c1cccc(F)c1. The molecule has 27 heavy (non-hydrogen) atoms. The van der Waals surface area contributed by atoms with E-state index in [0.29, 0.717) is 29.5 Å². The molecule has 1 aromatic heterocycles. The van der Waals surface area contributed by atoms with Crippen LogP contribution >= 0.6 is 12.4 Å². The van der Waals surface area contributed by atoms with Crippen LogP contribution in [-0.2, 0) is 0 Å². The monoisotopic (exact) mass is 387 g/mol. The van der Waals surface area contributed by atoms with Crippen molar-refractivity contribution in [3.63, 3.8) is 0 Å². The van der Waals surface area contributed by atoms with Crippen LogP contribution in [0, 0.1) is 17.7 Å². The maximum atomic E-state index is 13.8. The van der Waals surface area contributed by atoms with Gasteiger partial charge < -0.3 is 10.2 Å². The van der Waals surface area contributed by atoms with Crippen molar-refractivity contribution in [3.8, 4) is 0 Å². The van der Waals surface area contributed by atoms with E-state index >= 15 is 0 Å². The summed E-state index contributed by atoms with van der Waals surface area (Å²) >= 11 is 0. The van der Waals surface area contributed by atoms with E-state index in [1.165, 1.54) is 6.07 Å². The molecule has 2 saturated heterocycles. The number of aromatic amines is 1. The standard InChI is InChI=1S/C19H18FN5O.ClH/c20-14-3-1-2-11(6-14)18-15-9-21-8-13(15)10-25(18)19(26)12-4-5-16-17(7-12)23-24-22-16;/h1-7,13,15,18,21H,8-10H2,(H,22,23,24);1H/t13-,15-,18+;/m0./s1. The van der Waals surface area contributed by atoms with Crippen LogP contribution in [0.2, 0.25) is 0 Å². The number of nitrogens with zero attached hydrogens (tertiary/aromatic N) is 3. The maximum absolute atomic E-state index is 13.8. The molecule has 3 atom stereocenters. The summed E-state index contributed by atoms with van der Waals surface area (Å²) in [4.78, 5) is 15.2. The minimum atomic E-state index is -0.270. The topological polar surface area (TPSA) is 73.9 Å². The van der Waals surface area contributed by atoms with Crippen molar-refractivity contribution in [1.82, 2.24) is 25.6 Å². The molecular weight excluding hydrogens is 369 g/mol. The second kappa shape index (κ2) is 6.90. The van der Waals surface area contributed by atoms with Gasteiger partial charge in [-0.15, -0.1) is 12.4 Å². The predicted octanol–water partition coefficient (Wildman–Crippen LogP) is 2.55. The molecule has 3 aromatic rings. The Morgan fingerprint density at radius 3 is 2.81 bits per heavy atom. The van der Waals surface area contributed by atoms with Crippen LogP contribution in [0.5, 0.6) is 0 Å². The molecule has 0 radical (unpaired) electrons. The molecular formula is C19H19ClFN5O. The Balaban J connectivity index is 0.00000180. The minimum Gasteiger partial charge on any atom is -0.331 e. The third-order valence-electron chi connectivity index (χ3n) is 5.58. The van der Waals surface area contributed by atoms with E-state index < -0.39 is 0 Å². The average molecular weight is 388 g/mol. The highest BCUT2D eigenvalue weighted by Gasteiger charge is 2.46. The molecule has 2 aliphatic rings. The van der Waals surface area contributed by atoms with E-state index in [0.717, 1.165) is 24.2 Å². The second-order valence-corrected chi connectivity index (χ2v) is 7.07. The number of carbonyl (C=O) groups excluding carboxylic acids is 1. The van der Waals surface area contributed by atoms with Gasteiger partial charge in [0.15, 0.2) is 0 Å². The van der Waals surface area contributed by atoms with Gasteiger partial charge in [-0.05, 0) is 41.8 Å². The Hall–Kier alpha value is -2.51. The molecule has 0 aliphatic carbocycles. The highest BCUT2D eigenvalue weighted by atomic mass is 35.5. The van der Waals surface area contributed by atoms with Gasteiger partial charge in [0.1, 0.15) is 16.9 Å². The van der Waals surface area contributed by atoms with Gasteiger partial charge >= 0.3 is 0 Å². The Morgan fingerprint density at radius 1 is 1.11 bits per heavy atom. The number of nitrogens with one attached hydrogen (secondary N) is 2. The van der Waals surface area contributed by atoms with Gasteiger partial charge in [-0.1, -0.05) is 12.1 Å². The fourth-order valence-electron chi connectivity index (χ4n) is 4.39. The molecule has 0 unspecified atom stereocenters. The van der Waals surface area contributed by atoms with Crippen LogP contribution in [0.3, 0.4) is 0 Å². The van der Waals surface area contributed by atoms with Crippen LogP contribution in [0.1, 0.15) is 22.0 Å². The van der Waals surface area contributed by atoms with Crippen molar-refractivity contribution < 1.29 is 9.18 Å². The lowest BCUT2D eigenvalue weighted by atomic mass is 9.89. The Labute approximate surface area is 161 Å². The maximum Gasteiger partial charge on any atom is 0.254 e. The van der Waals surface area contributed by atoms with Gasteiger partial charge in [-0.25, -0.2) is 4.39 Å². The summed E-state index contributed by atoms with van der Waals surface area (Å²) in [6.07, 6.45) is 0. The number of aromatic nitrogens is 3. The van der Waals surface area contributed by atoms with E-state index in [2.05, 4.69) is 20.7 Å². The smallest absolute Gasteiger partial charge is 0.254 e. The number of halogens is 2. The Kier molecular flexibility index (Phi) is 4.57. The van der Waals surface area contributed by atoms with Crippen molar-refractivity contribution in [2.24, 2.45) is 11.8 Å². The van der Waals surface area contributed by atoms with Crippen LogP contribution in [0.15, 0.2) is 42.5 Å². The molecule has 1 amide bonds. The molecule has 2 aromatic carbocycles. The highest BCUT2D eigenvalue weighted by Crippen LogP contribution is 2.43. The summed E-state index contributed by atoms with van der Waals surface area (Å²) in [5.41, 5.74) is 2.84. The van der Waals surface area contributed by atoms with Crippen molar-refractivity contribution in [3.05, 3.63) is 59.4 Å². The van der Waals surface area contributed by atoms with E-state index in [1.807, 2.05) is 11.0 Å². The van der Waals surface area contributed by atoms with Crippen LogP contribution in [0.25, 0.3) is 11.0 Å². The number of hydrogen-bond acceptors (Lipinski definition) is 4. The lowest BCUT2D eigenvalue weighted by Gasteiger charge is -2.28. The van der Waals surface area contributed by atoms with Crippen LogP contribution in [0.4, 0.5) is 4.39 Å². The molecule has 0 bridgehead atoms. The van der Waals surface area contributed by atoms with Gasteiger partial charge in [0, 0.05) is 31.1 Å². The Bertz CT molecular complexity index is 993. The van der Waals surface area contributed by atoms with Gasteiger partial charge in [0.25, 0.3) is 5.91 Å². The summed E-state index contributed by atoms with van der Waals surface area (Å²) < 4.78 is 13.8. The summed E-state index contributed by atoms with van der Waals surface area (Å²) in [6.45, 7) is 2.41. The van der Waals surface area contributed by atoms with E-state index in [1.54, 1.807) is 30.3 Å². The predicted molar refractivity (Wildman–Crippen MR) is 101 cm³/mol. The van der Waals surface area contributed by atoms with Crippen molar-refractivity contribution >= 4 is 29.3 Å². The number of amides is 1. The normalized spacial score (nSPS) is 24.0. The van der Waals surface area contributed by atoms with E-state index in [9.17, 15) is 9.18 Å². The summed E-state index contributed by atoms with van der Waals surface area (Å²) in [5.74, 6) is 0.381. The van der Waals surface area contributed by atoms with Gasteiger partial charge in [-0.2, -0.15) is 15.4 Å². The highest BCUT2D eigenvalue weighted by molar-refractivity contribution is 5.97. The number of rotatable bonds is 2. The van der Waals surface area contributed by atoms with Crippen molar-refractivity contribution in [1.29, 1.82) is 0 Å². The lowest BCUT2D eigenvalue weighted by Crippen LogP contribution is -2.34. The lowest BCUT2D eigenvalue weighted by molar-refractivity contribution is 0.0714. The number of benzene rings is 2. The quantitative estimate of drug-likeness (QED) is 0.708. The van der Waals surface area contributed by atoms with E-state index in [-0.39, 0.29) is 30.2 Å². The fourth-order valence-corrected chi connectivity index (χ4v) is 4.39. The molecule has 3 heterocycles. The largest absolute Gasteiger partial charge is 0.331 e. The molecule has 8 heteroatoms. The first-order valence-corrected chi connectivity index (χ1v) is 8.78. The molecule has 2 aliphatic heterocycles. The molecule has 5 rings (SSSR count).